The van der Waals surface area contributed by atoms with E-state index in [1.165, 1.54) is 19.3 Å². The lowest BCUT2D eigenvalue weighted by Gasteiger charge is -2.34. The van der Waals surface area contributed by atoms with Gasteiger partial charge in [0.25, 0.3) is 0 Å². The molecule has 1 aliphatic rings. The normalized spacial score (nSPS) is 20.4. The molecule has 1 aliphatic heterocycles. The highest BCUT2D eigenvalue weighted by molar-refractivity contribution is 5.06. The molecule has 2 aromatic rings. The van der Waals surface area contributed by atoms with Crippen molar-refractivity contribution in [3.63, 3.8) is 0 Å². The molecule has 1 atom stereocenters. The summed E-state index contributed by atoms with van der Waals surface area (Å²) < 4.78 is 7.86. The smallest absolute Gasteiger partial charge is 0.208 e. The molecular weight excluding hydrogens is 278 g/mol. The molecule has 22 heavy (non-hydrogen) atoms. The minimum atomic E-state index is 0.00722. The van der Waals surface area contributed by atoms with E-state index < -0.39 is 0 Å². The Balaban J connectivity index is 1.67. The van der Waals surface area contributed by atoms with E-state index in [-0.39, 0.29) is 5.41 Å². The lowest BCUT2D eigenvalue weighted by Crippen LogP contribution is -2.41. The first kappa shape index (κ1) is 15.2. The average molecular weight is 303 g/mol. The number of likely N-dealkylation sites (tertiary alicyclic amines) is 1. The van der Waals surface area contributed by atoms with Crippen molar-refractivity contribution in [3.05, 3.63) is 30.5 Å². The molecule has 0 N–H and O–H groups in total. The SMILES string of the molecule is CC(C)(C)c1cnc(CN2CCCC[C@@H]2Cn2cncn2)o1. The van der Waals surface area contributed by atoms with Crippen LogP contribution in [0.5, 0.6) is 0 Å². The van der Waals surface area contributed by atoms with Gasteiger partial charge in [-0.2, -0.15) is 5.10 Å². The predicted octanol–water partition coefficient (Wildman–Crippen LogP) is 2.62. The maximum absolute atomic E-state index is 5.95. The van der Waals surface area contributed by atoms with E-state index in [0.717, 1.165) is 31.3 Å². The summed E-state index contributed by atoms with van der Waals surface area (Å²) in [4.78, 5) is 11.0. The van der Waals surface area contributed by atoms with Gasteiger partial charge in [-0.1, -0.05) is 27.2 Å². The fourth-order valence-electron chi connectivity index (χ4n) is 2.92. The van der Waals surface area contributed by atoms with Gasteiger partial charge < -0.3 is 4.42 Å². The van der Waals surface area contributed by atoms with Crippen LogP contribution in [-0.4, -0.2) is 37.2 Å². The van der Waals surface area contributed by atoms with Gasteiger partial charge in [0.05, 0.1) is 19.3 Å². The van der Waals surface area contributed by atoms with Crippen LogP contribution in [0.1, 0.15) is 51.7 Å². The van der Waals surface area contributed by atoms with Crippen molar-refractivity contribution in [1.82, 2.24) is 24.6 Å². The van der Waals surface area contributed by atoms with E-state index in [2.05, 4.69) is 40.7 Å². The van der Waals surface area contributed by atoms with Crippen molar-refractivity contribution in [3.8, 4) is 0 Å². The number of oxazole rings is 1. The van der Waals surface area contributed by atoms with Gasteiger partial charge in [-0.05, 0) is 19.4 Å². The van der Waals surface area contributed by atoms with Crippen molar-refractivity contribution >= 4 is 0 Å². The van der Waals surface area contributed by atoms with Crippen LogP contribution in [0.3, 0.4) is 0 Å². The van der Waals surface area contributed by atoms with Crippen molar-refractivity contribution in [2.24, 2.45) is 0 Å². The van der Waals surface area contributed by atoms with E-state index in [1.807, 2.05) is 10.9 Å². The van der Waals surface area contributed by atoms with Crippen LogP contribution in [0, 0.1) is 0 Å². The second-order valence-electron chi connectivity index (χ2n) is 7.11. The van der Waals surface area contributed by atoms with E-state index in [1.54, 1.807) is 12.7 Å². The average Bonchev–Trinajstić information content (AvgIpc) is 3.11. The Labute approximate surface area is 131 Å². The molecule has 6 heteroatoms. The molecule has 1 fully saturated rings. The summed E-state index contributed by atoms with van der Waals surface area (Å²) in [5.41, 5.74) is 0.00722. The minimum Gasteiger partial charge on any atom is -0.444 e. The molecule has 0 unspecified atom stereocenters. The van der Waals surface area contributed by atoms with Gasteiger partial charge in [-0.25, -0.2) is 9.97 Å². The van der Waals surface area contributed by atoms with E-state index in [9.17, 15) is 0 Å². The van der Waals surface area contributed by atoms with Crippen LogP contribution in [-0.2, 0) is 18.5 Å². The molecule has 2 aromatic heterocycles. The van der Waals surface area contributed by atoms with Crippen molar-refractivity contribution in [2.75, 3.05) is 6.54 Å². The van der Waals surface area contributed by atoms with Gasteiger partial charge in [0.1, 0.15) is 18.4 Å². The summed E-state index contributed by atoms with van der Waals surface area (Å²) in [6.07, 6.45) is 8.94. The standard InChI is InChI=1S/C16H25N5O/c1-16(2,3)14-8-18-15(22-14)10-20-7-5-4-6-13(20)9-21-12-17-11-19-21/h8,11-13H,4-7,9-10H2,1-3H3/t13-/m1/s1. The van der Waals surface area contributed by atoms with Crippen molar-refractivity contribution < 1.29 is 4.42 Å². The van der Waals surface area contributed by atoms with E-state index in [0.29, 0.717) is 6.04 Å². The first-order valence-corrected chi connectivity index (χ1v) is 8.04. The Bertz CT molecular complexity index is 584. The Kier molecular flexibility index (Phi) is 4.29. The molecule has 0 bridgehead atoms. The Morgan fingerprint density at radius 1 is 1.32 bits per heavy atom. The second-order valence-corrected chi connectivity index (χ2v) is 7.11. The Morgan fingerprint density at radius 2 is 2.18 bits per heavy atom. The Morgan fingerprint density at radius 3 is 2.86 bits per heavy atom. The van der Waals surface area contributed by atoms with Gasteiger partial charge in [-0.3, -0.25) is 9.58 Å². The molecule has 6 nitrogen and oxygen atoms in total. The summed E-state index contributed by atoms with van der Waals surface area (Å²) in [6, 6.07) is 0.473. The summed E-state index contributed by atoms with van der Waals surface area (Å²) in [5, 5.41) is 4.23. The summed E-state index contributed by atoms with van der Waals surface area (Å²) >= 11 is 0. The van der Waals surface area contributed by atoms with Gasteiger partial charge in [0.2, 0.25) is 5.89 Å². The van der Waals surface area contributed by atoms with Gasteiger partial charge in [0, 0.05) is 11.5 Å². The molecule has 0 saturated carbocycles. The van der Waals surface area contributed by atoms with Crippen LogP contribution in [0.2, 0.25) is 0 Å². The highest BCUT2D eigenvalue weighted by atomic mass is 16.4. The van der Waals surface area contributed by atoms with Gasteiger partial charge in [-0.15, -0.1) is 0 Å². The number of aromatic nitrogens is 4. The van der Waals surface area contributed by atoms with Crippen molar-refractivity contribution in [2.45, 2.75) is 64.6 Å². The van der Waals surface area contributed by atoms with E-state index >= 15 is 0 Å². The quantitative estimate of drug-likeness (QED) is 0.869. The van der Waals surface area contributed by atoms with Gasteiger partial charge >= 0.3 is 0 Å². The molecule has 120 valence electrons. The monoisotopic (exact) mass is 303 g/mol. The zero-order valence-corrected chi connectivity index (χ0v) is 13.7. The molecular formula is C16H25N5O. The molecule has 0 spiro atoms. The van der Waals surface area contributed by atoms with E-state index in [4.69, 9.17) is 4.42 Å². The van der Waals surface area contributed by atoms with Crippen LogP contribution >= 0.6 is 0 Å². The topological polar surface area (TPSA) is 60.0 Å². The third kappa shape index (κ3) is 3.55. The molecule has 3 heterocycles. The fourth-order valence-corrected chi connectivity index (χ4v) is 2.92. The Hall–Kier alpha value is -1.69. The first-order valence-electron chi connectivity index (χ1n) is 8.04. The number of rotatable bonds is 4. The predicted molar refractivity (Wildman–Crippen MR) is 83.3 cm³/mol. The molecule has 0 aromatic carbocycles. The summed E-state index contributed by atoms with van der Waals surface area (Å²) in [6.45, 7) is 9.18. The van der Waals surface area contributed by atoms with Gasteiger partial charge in [0.15, 0.2) is 0 Å². The molecule has 1 saturated heterocycles. The minimum absolute atomic E-state index is 0.00722. The van der Waals surface area contributed by atoms with Crippen LogP contribution in [0.25, 0.3) is 0 Å². The highest BCUT2D eigenvalue weighted by Gasteiger charge is 2.26. The first-order chi connectivity index (χ1) is 10.5. The highest BCUT2D eigenvalue weighted by Crippen LogP contribution is 2.25. The number of hydrogen-bond acceptors (Lipinski definition) is 5. The fraction of sp³-hybridized carbons (Fsp3) is 0.688. The van der Waals surface area contributed by atoms with Crippen LogP contribution in [0.4, 0.5) is 0 Å². The summed E-state index contributed by atoms with van der Waals surface area (Å²) in [5.74, 6) is 1.77. The molecule has 0 aliphatic carbocycles. The maximum Gasteiger partial charge on any atom is 0.208 e. The molecule has 0 amide bonds. The van der Waals surface area contributed by atoms with Crippen LogP contribution < -0.4 is 0 Å². The second kappa shape index (κ2) is 6.20. The third-order valence-corrected chi connectivity index (χ3v) is 4.24. The van der Waals surface area contributed by atoms with Crippen LogP contribution in [0.15, 0.2) is 23.3 Å². The molecule has 0 radical (unpaired) electrons. The zero-order valence-electron chi connectivity index (χ0n) is 13.7. The summed E-state index contributed by atoms with van der Waals surface area (Å²) in [7, 11) is 0. The number of nitrogens with zero attached hydrogens (tertiary/aromatic N) is 5. The largest absolute Gasteiger partial charge is 0.444 e. The van der Waals surface area contributed by atoms with Crippen molar-refractivity contribution in [1.29, 1.82) is 0 Å². The number of hydrogen-bond donors (Lipinski definition) is 0. The third-order valence-electron chi connectivity index (χ3n) is 4.24. The number of piperidine rings is 1. The molecule has 3 rings (SSSR count). The lowest BCUT2D eigenvalue weighted by molar-refractivity contribution is 0.110. The zero-order chi connectivity index (χ0) is 15.6. The lowest BCUT2D eigenvalue weighted by atomic mass is 9.94. The maximum atomic E-state index is 5.95.